The zero-order valence-corrected chi connectivity index (χ0v) is 16.4. The van der Waals surface area contributed by atoms with Crippen molar-refractivity contribution in [2.75, 3.05) is 18.0 Å². The van der Waals surface area contributed by atoms with Crippen LogP contribution in [0.3, 0.4) is 0 Å². The third kappa shape index (κ3) is 3.96. The van der Waals surface area contributed by atoms with Gasteiger partial charge in [0.1, 0.15) is 12.3 Å². The molecule has 2 aromatic rings. The highest BCUT2D eigenvalue weighted by molar-refractivity contribution is 9.10. The van der Waals surface area contributed by atoms with Crippen molar-refractivity contribution in [2.45, 2.75) is 18.7 Å². The number of halogens is 1. The van der Waals surface area contributed by atoms with E-state index < -0.39 is 22.5 Å². The van der Waals surface area contributed by atoms with Crippen LogP contribution in [0.5, 0.6) is 5.75 Å². The summed E-state index contributed by atoms with van der Waals surface area (Å²) in [6, 6.07) is 9.59. The average Bonchev–Trinajstić information content (AvgIpc) is 2.53. The first-order valence-corrected chi connectivity index (χ1v) is 9.56. The van der Waals surface area contributed by atoms with E-state index >= 15 is 0 Å². The molecule has 0 radical (unpaired) electrons. The van der Waals surface area contributed by atoms with Crippen molar-refractivity contribution in [1.29, 1.82) is 0 Å². The van der Waals surface area contributed by atoms with Gasteiger partial charge in [0.25, 0.3) is 10.0 Å². The van der Waals surface area contributed by atoms with E-state index in [9.17, 15) is 18.3 Å². The highest BCUT2D eigenvalue weighted by atomic mass is 79.9. The minimum absolute atomic E-state index is 0.0240. The number of para-hydroxylation sites is 1. The van der Waals surface area contributed by atoms with Gasteiger partial charge in [0.2, 0.25) is 0 Å². The van der Waals surface area contributed by atoms with Crippen molar-refractivity contribution >= 4 is 37.6 Å². The summed E-state index contributed by atoms with van der Waals surface area (Å²) in [5.74, 6) is -0.755. The standard InChI is InChI=1S/C17H18BrNO5S/c1-11-5-4-6-12(2)17(11)19(10-16(20)21)25(22,23)13-7-8-15(24-3)14(18)9-13/h4-9H,10H2,1-3H3,(H,20,21). The number of aliphatic carboxylic acids is 1. The van der Waals surface area contributed by atoms with E-state index in [0.717, 1.165) is 4.31 Å². The van der Waals surface area contributed by atoms with Crippen LogP contribution in [-0.2, 0) is 14.8 Å². The Morgan fingerprint density at radius 2 is 1.80 bits per heavy atom. The molecule has 0 bridgehead atoms. The Kier molecular flexibility index (Phi) is 5.74. The van der Waals surface area contributed by atoms with E-state index in [1.165, 1.54) is 25.3 Å². The van der Waals surface area contributed by atoms with E-state index in [0.29, 0.717) is 27.0 Å². The topological polar surface area (TPSA) is 83.9 Å². The molecule has 1 N–H and O–H groups in total. The number of aryl methyl sites for hydroxylation is 2. The van der Waals surface area contributed by atoms with Gasteiger partial charge in [0.15, 0.2) is 0 Å². The van der Waals surface area contributed by atoms with Crippen LogP contribution in [0.15, 0.2) is 45.8 Å². The molecule has 2 rings (SSSR count). The maximum absolute atomic E-state index is 13.1. The molecule has 0 fully saturated rings. The fourth-order valence-corrected chi connectivity index (χ4v) is 4.80. The minimum atomic E-state index is -4.07. The molecule has 134 valence electrons. The van der Waals surface area contributed by atoms with Gasteiger partial charge in [-0.05, 0) is 59.1 Å². The zero-order valence-electron chi connectivity index (χ0n) is 14.0. The van der Waals surface area contributed by atoms with E-state index in [4.69, 9.17) is 4.74 Å². The van der Waals surface area contributed by atoms with E-state index in [-0.39, 0.29) is 4.90 Å². The first kappa shape index (κ1) is 19.3. The predicted molar refractivity (Wildman–Crippen MR) is 98.8 cm³/mol. The largest absolute Gasteiger partial charge is 0.496 e. The Balaban J connectivity index is 2.65. The number of hydrogen-bond donors (Lipinski definition) is 1. The molecule has 0 aliphatic rings. The molecule has 8 heteroatoms. The number of anilines is 1. The predicted octanol–water partition coefficient (Wildman–Crippen LogP) is 3.35. The Hall–Kier alpha value is -2.06. The highest BCUT2D eigenvalue weighted by Gasteiger charge is 2.29. The minimum Gasteiger partial charge on any atom is -0.496 e. The number of carbonyl (C=O) groups is 1. The van der Waals surface area contributed by atoms with Gasteiger partial charge in [-0.15, -0.1) is 0 Å². The van der Waals surface area contributed by atoms with E-state index in [1.54, 1.807) is 32.0 Å². The molecule has 2 aromatic carbocycles. The van der Waals surface area contributed by atoms with Crippen LogP contribution in [-0.4, -0.2) is 33.1 Å². The summed E-state index contributed by atoms with van der Waals surface area (Å²) in [5, 5.41) is 9.24. The van der Waals surface area contributed by atoms with Gasteiger partial charge in [0.05, 0.1) is 22.2 Å². The SMILES string of the molecule is COc1ccc(S(=O)(=O)N(CC(=O)O)c2c(C)cccc2C)cc1Br. The van der Waals surface area contributed by atoms with Crippen LogP contribution < -0.4 is 9.04 Å². The van der Waals surface area contributed by atoms with Crippen LogP contribution in [0.25, 0.3) is 0 Å². The number of ether oxygens (including phenoxy) is 1. The van der Waals surface area contributed by atoms with Crippen molar-refractivity contribution in [2.24, 2.45) is 0 Å². The van der Waals surface area contributed by atoms with Crippen molar-refractivity contribution in [3.63, 3.8) is 0 Å². The number of carboxylic acid groups (broad SMARTS) is 1. The third-order valence-corrected chi connectivity index (χ3v) is 6.04. The summed E-state index contributed by atoms with van der Waals surface area (Å²) < 4.78 is 32.8. The summed E-state index contributed by atoms with van der Waals surface area (Å²) in [7, 11) is -2.60. The van der Waals surface area contributed by atoms with Gasteiger partial charge >= 0.3 is 5.97 Å². The Morgan fingerprint density at radius 3 is 2.28 bits per heavy atom. The molecule has 0 aliphatic carbocycles. The number of benzene rings is 2. The van der Waals surface area contributed by atoms with Crippen LogP contribution in [0.4, 0.5) is 5.69 Å². The van der Waals surface area contributed by atoms with Gasteiger partial charge in [-0.3, -0.25) is 9.10 Å². The van der Waals surface area contributed by atoms with Crippen molar-refractivity contribution in [3.05, 3.63) is 52.0 Å². The summed E-state index contributed by atoms with van der Waals surface area (Å²) in [6.45, 7) is 2.82. The van der Waals surface area contributed by atoms with Gasteiger partial charge in [-0.25, -0.2) is 8.42 Å². The lowest BCUT2D eigenvalue weighted by Crippen LogP contribution is -2.36. The first-order chi connectivity index (χ1) is 11.7. The van der Waals surface area contributed by atoms with Crippen molar-refractivity contribution in [3.8, 4) is 5.75 Å². The maximum Gasteiger partial charge on any atom is 0.324 e. The van der Waals surface area contributed by atoms with Gasteiger partial charge in [-0.1, -0.05) is 18.2 Å². The van der Waals surface area contributed by atoms with Crippen LogP contribution in [0, 0.1) is 13.8 Å². The molecule has 0 unspecified atom stereocenters. The zero-order chi connectivity index (χ0) is 18.8. The Bertz CT molecular complexity index is 891. The third-order valence-electron chi connectivity index (χ3n) is 3.68. The van der Waals surface area contributed by atoms with Crippen LogP contribution in [0.2, 0.25) is 0 Å². The van der Waals surface area contributed by atoms with E-state index in [2.05, 4.69) is 15.9 Å². The summed E-state index contributed by atoms with van der Waals surface area (Å²) in [6.07, 6.45) is 0. The molecule has 0 saturated carbocycles. The Morgan fingerprint density at radius 1 is 1.20 bits per heavy atom. The molecule has 25 heavy (non-hydrogen) atoms. The van der Waals surface area contributed by atoms with Gasteiger partial charge in [0, 0.05) is 0 Å². The summed E-state index contributed by atoms with van der Waals surface area (Å²) >= 11 is 3.26. The monoisotopic (exact) mass is 427 g/mol. The number of sulfonamides is 1. The first-order valence-electron chi connectivity index (χ1n) is 7.32. The molecular weight excluding hydrogens is 410 g/mol. The molecule has 0 atom stereocenters. The lowest BCUT2D eigenvalue weighted by Gasteiger charge is -2.26. The smallest absolute Gasteiger partial charge is 0.324 e. The van der Waals surface area contributed by atoms with Crippen LogP contribution in [0.1, 0.15) is 11.1 Å². The maximum atomic E-state index is 13.1. The number of rotatable bonds is 6. The van der Waals surface area contributed by atoms with E-state index in [1.807, 2.05) is 0 Å². The van der Waals surface area contributed by atoms with Gasteiger partial charge in [-0.2, -0.15) is 0 Å². The average molecular weight is 428 g/mol. The second-order valence-corrected chi connectivity index (χ2v) is 8.16. The molecule has 0 aliphatic heterocycles. The van der Waals surface area contributed by atoms with Crippen LogP contribution >= 0.6 is 15.9 Å². The quantitative estimate of drug-likeness (QED) is 0.763. The Labute approximate surface area is 155 Å². The molecule has 0 spiro atoms. The normalized spacial score (nSPS) is 11.2. The van der Waals surface area contributed by atoms with Crippen molar-refractivity contribution < 1.29 is 23.1 Å². The lowest BCUT2D eigenvalue weighted by molar-refractivity contribution is -0.135. The fourth-order valence-electron chi connectivity index (χ4n) is 2.54. The number of carboxylic acids is 1. The lowest BCUT2D eigenvalue weighted by atomic mass is 10.1. The molecular formula is C17H18BrNO5S. The molecule has 0 amide bonds. The van der Waals surface area contributed by atoms with Crippen molar-refractivity contribution in [1.82, 2.24) is 0 Å². The molecule has 0 aromatic heterocycles. The number of methoxy groups -OCH3 is 1. The molecule has 0 heterocycles. The summed E-state index contributed by atoms with van der Waals surface area (Å²) in [5.41, 5.74) is 1.73. The molecule has 6 nitrogen and oxygen atoms in total. The summed E-state index contributed by atoms with van der Waals surface area (Å²) in [4.78, 5) is 11.3. The highest BCUT2D eigenvalue weighted by Crippen LogP contribution is 2.33. The second kappa shape index (κ2) is 7.45. The number of hydrogen-bond acceptors (Lipinski definition) is 4. The fraction of sp³-hybridized carbons (Fsp3) is 0.235. The van der Waals surface area contributed by atoms with Gasteiger partial charge < -0.3 is 9.84 Å². The molecule has 0 saturated heterocycles. The second-order valence-electron chi connectivity index (χ2n) is 5.44. The number of nitrogens with zero attached hydrogens (tertiary/aromatic N) is 1.